The van der Waals surface area contributed by atoms with Crippen LogP contribution in [0.1, 0.15) is 22.0 Å². The van der Waals surface area contributed by atoms with Crippen molar-refractivity contribution in [1.29, 1.82) is 0 Å². The third kappa shape index (κ3) is 2.44. The number of amides is 2. The molecule has 110 valence electrons. The van der Waals surface area contributed by atoms with Crippen molar-refractivity contribution in [3.63, 3.8) is 0 Å². The molecule has 2 amide bonds. The summed E-state index contributed by atoms with van der Waals surface area (Å²) in [5.41, 5.74) is 0.614. The first-order valence-electron chi connectivity index (χ1n) is 6.81. The average molecular weight is 287 g/mol. The molecule has 6 nitrogen and oxygen atoms in total. The van der Waals surface area contributed by atoms with Crippen LogP contribution in [0.3, 0.4) is 0 Å². The zero-order valence-electron chi connectivity index (χ0n) is 12.0. The molecule has 1 atom stereocenters. The van der Waals surface area contributed by atoms with E-state index in [1.807, 2.05) is 35.9 Å². The summed E-state index contributed by atoms with van der Waals surface area (Å²) in [5, 5.41) is 2.82. The molecule has 0 radical (unpaired) electrons. The average Bonchev–Trinajstić information content (AvgIpc) is 3.09. The van der Waals surface area contributed by atoms with Crippen molar-refractivity contribution in [2.75, 3.05) is 7.05 Å². The largest absolute Gasteiger partial charge is 0.465 e. The molecule has 0 aliphatic carbocycles. The molecule has 0 bridgehead atoms. The van der Waals surface area contributed by atoms with Gasteiger partial charge in [0.15, 0.2) is 0 Å². The maximum atomic E-state index is 12.3. The molecule has 1 N–H and O–H groups in total. The summed E-state index contributed by atoms with van der Waals surface area (Å²) >= 11 is 0. The molecular weight excluding hydrogens is 270 g/mol. The maximum absolute atomic E-state index is 12.3. The lowest BCUT2D eigenvalue weighted by Gasteiger charge is -2.32. The Morgan fingerprint density at radius 2 is 2.24 bits per heavy atom. The first-order chi connectivity index (χ1) is 10.1. The Kier molecular flexibility index (Phi) is 3.29. The lowest BCUT2D eigenvalue weighted by molar-refractivity contribution is -0.126. The highest BCUT2D eigenvalue weighted by atomic mass is 16.3. The molecule has 0 spiro atoms. The minimum absolute atomic E-state index is 0.139. The molecule has 1 aliphatic rings. The minimum atomic E-state index is -0.506. The van der Waals surface area contributed by atoms with E-state index < -0.39 is 6.04 Å². The molecule has 3 rings (SSSR count). The molecular formula is C15H17N3O3. The van der Waals surface area contributed by atoms with Crippen LogP contribution in [0.25, 0.3) is 0 Å². The number of carbonyl (C=O) groups excluding carboxylic acids is 2. The lowest BCUT2D eigenvalue weighted by atomic mass is 10.1. The highest BCUT2D eigenvalue weighted by molar-refractivity contribution is 5.97. The van der Waals surface area contributed by atoms with E-state index in [1.54, 1.807) is 13.1 Å². The monoisotopic (exact) mass is 287 g/mol. The SMILES string of the molecule is Cc1ccc(CNC(=O)C2Cn3cccc3C(=O)N2C)o1. The molecule has 1 aliphatic heterocycles. The summed E-state index contributed by atoms with van der Waals surface area (Å²) in [6, 6.07) is 6.75. The molecule has 6 heteroatoms. The molecule has 2 aromatic rings. The standard InChI is InChI=1S/C15H17N3O3/c1-10-5-6-11(21-10)8-16-14(19)13-9-18-7-3-4-12(18)15(20)17(13)2/h3-7,13H,8-9H2,1-2H3,(H,16,19). The first-order valence-corrected chi connectivity index (χ1v) is 6.81. The summed E-state index contributed by atoms with van der Waals surface area (Å²) < 4.78 is 7.22. The number of nitrogens with zero attached hydrogens (tertiary/aromatic N) is 2. The predicted octanol–water partition coefficient (Wildman–Crippen LogP) is 1.16. The third-order valence-electron chi connectivity index (χ3n) is 3.74. The van der Waals surface area contributed by atoms with Crippen molar-refractivity contribution in [2.45, 2.75) is 26.1 Å². The number of aromatic nitrogens is 1. The van der Waals surface area contributed by atoms with Gasteiger partial charge < -0.3 is 19.2 Å². The van der Waals surface area contributed by atoms with Gasteiger partial charge in [-0.2, -0.15) is 0 Å². The van der Waals surface area contributed by atoms with E-state index in [4.69, 9.17) is 4.42 Å². The highest BCUT2D eigenvalue weighted by Gasteiger charge is 2.33. The maximum Gasteiger partial charge on any atom is 0.270 e. The highest BCUT2D eigenvalue weighted by Crippen LogP contribution is 2.17. The van der Waals surface area contributed by atoms with Gasteiger partial charge in [-0.25, -0.2) is 0 Å². The Labute approximate surface area is 122 Å². The summed E-state index contributed by atoms with van der Waals surface area (Å²) in [6.45, 7) is 2.64. The Hall–Kier alpha value is -2.50. The van der Waals surface area contributed by atoms with E-state index >= 15 is 0 Å². The van der Waals surface area contributed by atoms with Crippen LogP contribution >= 0.6 is 0 Å². The number of fused-ring (bicyclic) bond motifs is 1. The fraction of sp³-hybridized carbons (Fsp3) is 0.333. The van der Waals surface area contributed by atoms with Gasteiger partial charge in [-0.1, -0.05) is 0 Å². The number of nitrogens with one attached hydrogen (secondary N) is 1. The Morgan fingerprint density at radius 1 is 1.43 bits per heavy atom. The van der Waals surface area contributed by atoms with Crippen LogP contribution in [0.15, 0.2) is 34.9 Å². The lowest BCUT2D eigenvalue weighted by Crippen LogP contribution is -2.53. The van der Waals surface area contributed by atoms with Gasteiger partial charge in [0.1, 0.15) is 23.3 Å². The van der Waals surface area contributed by atoms with Crippen molar-refractivity contribution < 1.29 is 14.0 Å². The zero-order valence-corrected chi connectivity index (χ0v) is 12.0. The van der Waals surface area contributed by atoms with E-state index in [1.165, 1.54) is 4.90 Å². The van der Waals surface area contributed by atoms with Crippen LogP contribution in [0.2, 0.25) is 0 Å². The van der Waals surface area contributed by atoms with Gasteiger partial charge in [0.2, 0.25) is 5.91 Å². The normalized spacial score (nSPS) is 17.7. The zero-order chi connectivity index (χ0) is 15.0. The van der Waals surface area contributed by atoms with Crippen LogP contribution in [0, 0.1) is 6.92 Å². The summed E-state index contributed by atoms with van der Waals surface area (Å²) in [7, 11) is 1.65. The van der Waals surface area contributed by atoms with Crippen LogP contribution < -0.4 is 5.32 Å². The van der Waals surface area contributed by atoms with Crippen LogP contribution in [0.5, 0.6) is 0 Å². The number of rotatable bonds is 3. The minimum Gasteiger partial charge on any atom is -0.465 e. The van der Waals surface area contributed by atoms with Crippen molar-refractivity contribution in [1.82, 2.24) is 14.8 Å². The predicted molar refractivity (Wildman–Crippen MR) is 75.6 cm³/mol. The van der Waals surface area contributed by atoms with Gasteiger partial charge in [-0.05, 0) is 31.2 Å². The third-order valence-corrected chi connectivity index (χ3v) is 3.74. The van der Waals surface area contributed by atoms with Gasteiger partial charge in [0.25, 0.3) is 5.91 Å². The van der Waals surface area contributed by atoms with Gasteiger partial charge in [0, 0.05) is 13.2 Å². The number of hydrogen-bond acceptors (Lipinski definition) is 3. The Balaban J connectivity index is 1.69. The van der Waals surface area contributed by atoms with E-state index in [0.29, 0.717) is 24.5 Å². The van der Waals surface area contributed by atoms with Gasteiger partial charge >= 0.3 is 0 Å². The van der Waals surface area contributed by atoms with Crippen molar-refractivity contribution >= 4 is 11.8 Å². The second kappa shape index (κ2) is 5.12. The fourth-order valence-electron chi connectivity index (χ4n) is 2.53. The van der Waals surface area contributed by atoms with Crippen molar-refractivity contribution in [3.8, 4) is 0 Å². The van der Waals surface area contributed by atoms with Crippen LogP contribution in [0.4, 0.5) is 0 Å². The number of furan rings is 1. The second-order valence-corrected chi connectivity index (χ2v) is 5.21. The molecule has 0 saturated heterocycles. The Morgan fingerprint density at radius 3 is 2.95 bits per heavy atom. The van der Waals surface area contributed by atoms with Gasteiger partial charge in [-0.15, -0.1) is 0 Å². The van der Waals surface area contributed by atoms with E-state index in [2.05, 4.69) is 5.32 Å². The molecule has 21 heavy (non-hydrogen) atoms. The van der Waals surface area contributed by atoms with Crippen molar-refractivity contribution in [2.24, 2.45) is 0 Å². The molecule has 0 aromatic carbocycles. The number of aryl methyl sites for hydroxylation is 1. The molecule has 0 fully saturated rings. The second-order valence-electron chi connectivity index (χ2n) is 5.21. The molecule has 0 saturated carbocycles. The quantitative estimate of drug-likeness (QED) is 0.921. The van der Waals surface area contributed by atoms with E-state index in [9.17, 15) is 9.59 Å². The first kappa shape index (κ1) is 13.5. The summed E-state index contributed by atoms with van der Waals surface area (Å²) in [6.07, 6.45) is 1.82. The Bertz CT molecular complexity index is 686. The van der Waals surface area contributed by atoms with Gasteiger partial charge in [-0.3, -0.25) is 9.59 Å². The summed E-state index contributed by atoms with van der Waals surface area (Å²) in [4.78, 5) is 26.0. The smallest absolute Gasteiger partial charge is 0.270 e. The van der Waals surface area contributed by atoms with Crippen LogP contribution in [-0.2, 0) is 17.9 Å². The molecule has 1 unspecified atom stereocenters. The summed E-state index contributed by atoms with van der Waals surface area (Å²) in [5.74, 6) is 1.19. The topological polar surface area (TPSA) is 67.5 Å². The van der Waals surface area contributed by atoms with Crippen LogP contribution in [-0.4, -0.2) is 34.4 Å². The van der Waals surface area contributed by atoms with E-state index in [0.717, 1.165) is 5.76 Å². The van der Waals surface area contributed by atoms with Gasteiger partial charge in [0.05, 0.1) is 13.1 Å². The molecule has 3 heterocycles. The molecule has 2 aromatic heterocycles. The van der Waals surface area contributed by atoms with Crippen molar-refractivity contribution in [3.05, 3.63) is 47.7 Å². The number of carbonyl (C=O) groups is 2. The number of likely N-dealkylation sites (N-methyl/N-ethyl adjacent to an activating group) is 1. The van der Waals surface area contributed by atoms with E-state index in [-0.39, 0.29) is 11.8 Å². The fourth-order valence-corrected chi connectivity index (χ4v) is 2.53. The number of hydrogen-bond donors (Lipinski definition) is 1.